The Morgan fingerprint density at radius 1 is 1.12 bits per heavy atom. The molecular weight excluding hydrogens is 320 g/mol. The van der Waals surface area contributed by atoms with Crippen molar-refractivity contribution in [1.82, 2.24) is 0 Å². The van der Waals surface area contributed by atoms with E-state index in [-0.39, 0.29) is 11.0 Å². The number of rotatable bonds is 3. The van der Waals surface area contributed by atoms with Crippen molar-refractivity contribution in [2.75, 3.05) is 5.73 Å². The zero-order valence-electron chi connectivity index (χ0n) is 16.1. The summed E-state index contributed by atoms with van der Waals surface area (Å²) in [4.78, 5) is 18.6. The fourth-order valence-electron chi connectivity index (χ4n) is 6.90. The van der Waals surface area contributed by atoms with E-state index in [1.54, 1.807) is 0 Å². The fourth-order valence-corrected chi connectivity index (χ4v) is 6.90. The molecule has 4 bridgehead atoms. The second-order valence-corrected chi connectivity index (χ2v) is 10.3. The molecule has 4 saturated carbocycles. The van der Waals surface area contributed by atoms with Crippen LogP contribution in [-0.2, 0) is 11.2 Å². The quantitative estimate of drug-likeness (QED) is 0.812. The van der Waals surface area contributed by atoms with E-state index < -0.39 is 0 Å². The molecule has 4 fully saturated rings. The molecule has 1 aromatic rings. The molecule has 0 atom stereocenters. The fraction of sp³-hybridized carbons (Fsp3) is 0.652. The number of Topliss-reactive ketones (excluding diaryl/α,β-unsaturated/α-hetero) is 1. The summed E-state index contributed by atoms with van der Waals surface area (Å²) in [5, 5.41) is 0. The molecule has 1 aliphatic heterocycles. The Morgan fingerprint density at radius 3 is 2.35 bits per heavy atom. The number of ketones is 1. The molecule has 1 aromatic carbocycles. The van der Waals surface area contributed by atoms with Gasteiger partial charge in [0.05, 0.1) is 11.3 Å². The molecule has 0 saturated heterocycles. The molecule has 1 heterocycles. The van der Waals surface area contributed by atoms with E-state index in [1.165, 1.54) is 24.8 Å². The van der Waals surface area contributed by atoms with Crippen molar-refractivity contribution < 1.29 is 4.79 Å². The number of fused-ring (bicyclic) bond motifs is 1. The minimum absolute atomic E-state index is 0.0349. The van der Waals surface area contributed by atoms with Gasteiger partial charge in [-0.2, -0.15) is 0 Å². The zero-order chi connectivity index (χ0) is 18.1. The van der Waals surface area contributed by atoms with E-state index in [0.29, 0.717) is 12.2 Å². The molecule has 0 amide bonds. The minimum Gasteiger partial charge on any atom is -0.399 e. The van der Waals surface area contributed by atoms with E-state index in [4.69, 9.17) is 10.7 Å². The van der Waals surface area contributed by atoms with Gasteiger partial charge >= 0.3 is 0 Å². The molecule has 0 spiro atoms. The lowest BCUT2D eigenvalue weighted by Gasteiger charge is -2.56. The Bertz CT molecular complexity index is 769. The van der Waals surface area contributed by atoms with Crippen LogP contribution >= 0.6 is 0 Å². The molecular formula is C23H30N2O. The second kappa shape index (κ2) is 5.43. The van der Waals surface area contributed by atoms with Crippen molar-refractivity contribution >= 4 is 17.2 Å². The summed E-state index contributed by atoms with van der Waals surface area (Å²) in [5.41, 5.74) is 10.0. The summed E-state index contributed by atoms with van der Waals surface area (Å²) in [6.45, 7) is 4.32. The first-order chi connectivity index (χ1) is 12.3. The first-order valence-electron chi connectivity index (χ1n) is 10.3. The van der Waals surface area contributed by atoms with Crippen LogP contribution in [0.5, 0.6) is 0 Å². The first-order valence-corrected chi connectivity index (χ1v) is 10.3. The molecule has 6 rings (SSSR count). The minimum atomic E-state index is -0.155. The molecule has 0 radical (unpaired) electrons. The number of nitrogens with two attached hydrogens (primary N) is 1. The Hall–Kier alpha value is -1.64. The maximum absolute atomic E-state index is 13.5. The second-order valence-electron chi connectivity index (χ2n) is 10.3. The van der Waals surface area contributed by atoms with Crippen LogP contribution in [0.1, 0.15) is 69.9 Å². The Balaban J connectivity index is 1.45. The summed E-state index contributed by atoms with van der Waals surface area (Å²) >= 11 is 0. The van der Waals surface area contributed by atoms with Crippen LogP contribution in [0, 0.1) is 23.2 Å². The smallest absolute Gasteiger partial charge is 0.145 e. The van der Waals surface area contributed by atoms with Gasteiger partial charge in [0.15, 0.2) is 0 Å². The highest BCUT2D eigenvalue weighted by Crippen LogP contribution is 2.60. The number of carbonyl (C=O) groups excluding carboxylic acids is 1. The highest BCUT2D eigenvalue weighted by molar-refractivity contribution is 6.14. The number of aliphatic imine (C=N–C) groups is 1. The van der Waals surface area contributed by atoms with Crippen molar-refractivity contribution in [2.24, 2.45) is 28.2 Å². The van der Waals surface area contributed by atoms with E-state index in [1.807, 2.05) is 6.07 Å². The average molecular weight is 351 g/mol. The summed E-state index contributed by atoms with van der Waals surface area (Å²) in [5.74, 6) is 2.89. The summed E-state index contributed by atoms with van der Waals surface area (Å²) in [7, 11) is 0. The van der Waals surface area contributed by atoms with Gasteiger partial charge in [0, 0.05) is 17.5 Å². The van der Waals surface area contributed by atoms with E-state index in [0.717, 1.165) is 60.4 Å². The normalized spacial score (nSPS) is 36.5. The molecule has 0 unspecified atom stereocenters. The third kappa shape index (κ3) is 2.62. The van der Waals surface area contributed by atoms with Crippen molar-refractivity contribution in [1.29, 1.82) is 0 Å². The molecule has 0 aromatic heterocycles. The zero-order valence-corrected chi connectivity index (χ0v) is 16.1. The van der Waals surface area contributed by atoms with Gasteiger partial charge in [-0.25, -0.2) is 0 Å². The van der Waals surface area contributed by atoms with Gasteiger partial charge in [-0.1, -0.05) is 6.07 Å². The topological polar surface area (TPSA) is 55.5 Å². The van der Waals surface area contributed by atoms with Crippen molar-refractivity contribution in [2.45, 2.75) is 70.8 Å². The molecule has 26 heavy (non-hydrogen) atoms. The molecule has 3 nitrogen and oxygen atoms in total. The van der Waals surface area contributed by atoms with Crippen LogP contribution in [0.4, 0.5) is 5.69 Å². The van der Waals surface area contributed by atoms with Crippen LogP contribution in [-0.4, -0.2) is 17.0 Å². The summed E-state index contributed by atoms with van der Waals surface area (Å²) in [6, 6.07) is 6.09. The maximum atomic E-state index is 13.5. The highest BCUT2D eigenvalue weighted by atomic mass is 16.1. The van der Waals surface area contributed by atoms with Crippen molar-refractivity contribution in [3.63, 3.8) is 0 Å². The lowest BCUT2D eigenvalue weighted by molar-refractivity contribution is -0.142. The number of hydrogen-bond acceptors (Lipinski definition) is 3. The Morgan fingerprint density at radius 2 is 1.73 bits per heavy atom. The van der Waals surface area contributed by atoms with Crippen LogP contribution in [0.15, 0.2) is 23.2 Å². The number of nitrogens with zero attached hydrogens (tertiary/aromatic N) is 1. The standard InChI is InChI=1S/C23H30N2O/c1-22(2)13-17-8-18(24)3-4-19(17)20(25-22)9-21(26)23-10-14-5-15(11-23)7-16(6-14)12-23/h3-4,8,14-16H,5-7,9-13,24H2,1-2H3. The van der Waals surface area contributed by atoms with Crippen LogP contribution in [0.25, 0.3) is 0 Å². The first kappa shape index (κ1) is 16.5. The van der Waals surface area contributed by atoms with E-state index in [2.05, 4.69) is 26.0 Å². The van der Waals surface area contributed by atoms with Gasteiger partial charge < -0.3 is 5.73 Å². The largest absolute Gasteiger partial charge is 0.399 e. The van der Waals surface area contributed by atoms with Gasteiger partial charge in [0.25, 0.3) is 0 Å². The maximum Gasteiger partial charge on any atom is 0.145 e. The summed E-state index contributed by atoms with van der Waals surface area (Å²) in [6.07, 6.45) is 8.96. The van der Waals surface area contributed by atoms with Gasteiger partial charge in [-0.15, -0.1) is 0 Å². The third-order valence-electron chi connectivity index (χ3n) is 7.46. The average Bonchev–Trinajstić information content (AvgIpc) is 2.51. The Kier molecular flexibility index (Phi) is 3.45. The molecule has 4 aliphatic carbocycles. The third-order valence-corrected chi connectivity index (χ3v) is 7.46. The molecule has 5 aliphatic rings. The van der Waals surface area contributed by atoms with E-state index >= 15 is 0 Å². The number of benzene rings is 1. The predicted octanol–water partition coefficient (Wildman–Crippen LogP) is 4.57. The van der Waals surface area contributed by atoms with Gasteiger partial charge in [0.1, 0.15) is 5.78 Å². The number of nitrogen functional groups attached to an aromatic ring is 1. The van der Waals surface area contributed by atoms with Gasteiger partial charge in [0.2, 0.25) is 0 Å². The van der Waals surface area contributed by atoms with Gasteiger partial charge in [-0.3, -0.25) is 9.79 Å². The van der Waals surface area contributed by atoms with Gasteiger partial charge in [-0.05, 0) is 99.8 Å². The highest BCUT2D eigenvalue weighted by Gasteiger charge is 2.54. The Labute approximate surface area is 156 Å². The lowest BCUT2D eigenvalue weighted by atomic mass is 9.48. The number of hydrogen-bond donors (Lipinski definition) is 1. The van der Waals surface area contributed by atoms with Crippen LogP contribution in [0.3, 0.4) is 0 Å². The predicted molar refractivity (Wildman–Crippen MR) is 105 cm³/mol. The van der Waals surface area contributed by atoms with E-state index in [9.17, 15) is 4.79 Å². The molecule has 138 valence electrons. The van der Waals surface area contributed by atoms with Crippen molar-refractivity contribution in [3.05, 3.63) is 29.3 Å². The monoisotopic (exact) mass is 350 g/mol. The van der Waals surface area contributed by atoms with Crippen LogP contribution < -0.4 is 5.73 Å². The number of anilines is 1. The SMILES string of the molecule is CC1(C)Cc2cc(N)ccc2C(CC(=O)C23CC4CC(CC(C4)C2)C3)=N1. The van der Waals surface area contributed by atoms with Crippen LogP contribution in [0.2, 0.25) is 0 Å². The molecule has 3 heteroatoms. The van der Waals surface area contributed by atoms with Crippen molar-refractivity contribution in [3.8, 4) is 0 Å². The molecule has 2 N–H and O–H groups in total. The number of carbonyl (C=O) groups is 1. The lowest BCUT2D eigenvalue weighted by Crippen LogP contribution is -2.50. The summed E-state index contributed by atoms with van der Waals surface area (Å²) < 4.78 is 0.